The van der Waals surface area contributed by atoms with Gasteiger partial charge in [0.25, 0.3) is 0 Å². The number of hydrogen-bond donors (Lipinski definition) is 1. The van der Waals surface area contributed by atoms with E-state index >= 15 is 0 Å². The van der Waals surface area contributed by atoms with Crippen LogP contribution in [0.2, 0.25) is 5.02 Å². The Kier molecular flexibility index (Phi) is 8.57. The quantitative estimate of drug-likeness (QED) is 0.562. The van der Waals surface area contributed by atoms with Gasteiger partial charge in [0, 0.05) is 48.4 Å². The van der Waals surface area contributed by atoms with Crippen molar-refractivity contribution in [3.63, 3.8) is 0 Å². The Balaban J connectivity index is 0.000000273. The Morgan fingerprint density at radius 3 is 2.84 bits per heavy atom. The van der Waals surface area contributed by atoms with Crippen molar-refractivity contribution in [2.24, 2.45) is 5.92 Å². The van der Waals surface area contributed by atoms with E-state index in [4.69, 9.17) is 31.5 Å². The third-order valence-electron chi connectivity index (χ3n) is 7.99. The molecule has 4 aliphatic rings. The predicted octanol–water partition coefficient (Wildman–Crippen LogP) is 4.51. The molecule has 10 heteroatoms. The van der Waals surface area contributed by atoms with E-state index < -0.39 is 6.17 Å². The molecule has 0 bridgehead atoms. The van der Waals surface area contributed by atoms with Crippen molar-refractivity contribution in [3.05, 3.63) is 39.5 Å². The van der Waals surface area contributed by atoms with Gasteiger partial charge in [0.2, 0.25) is 0 Å². The molecule has 4 aliphatic heterocycles. The van der Waals surface area contributed by atoms with Gasteiger partial charge in [0.15, 0.2) is 0 Å². The smallest absolute Gasteiger partial charge is 0.318 e. The van der Waals surface area contributed by atoms with Crippen LogP contribution in [0.3, 0.4) is 0 Å². The van der Waals surface area contributed by atoms with E-state index in [1.54, 1.807) is 13.2 Å². The molecule has 4 atom stereocenters. The molecule has 0 radical (unpaired) electrons. The predicted molar refractivity (Wildman–Crippen MR) is 147 cm³/mol. The van der Waals surface area contributed by atoms with Gasteiger partial charge in [-0.3, -0.25) is 4.90 Å². The zero-order valence-corrected chi connectivity index (χ0v) is 23.3. The molecule has 2 N–H and O–H groups in total. The lowest BCUT2D eigenvalue weighted by Gasteiger charge is -2.31. The molecule has 0 spiro atoms. The van der Waals surface area contributed by atoms with Gasteiger partial charge in [-0.25, -0.2) is 4.39 Å². The number of hydrogen-bond acceptors (Lipinski definition) is 8. The first-order valence-electron chi connectivity index (χ1n) is 13.6. The summed E-state index contributed by atoms with van der Waals surface area (Å²) in [5.41, 5.74) is 10.6. The molecular weight excluding hydrogens is 509 g/mol. The van der Waals surface area contributed by atoms with E-state index in [9.17, 15) is 4.39 Å². The van der Waals surface area contributed by atoms with Gasteiger partial charge in [-0.2, -0.15) is 9.97 Å². The summed E-state index contributed by atoms with van der Waals surface area (Å²) in [6.07, 6.45) is 3.26. The summed E-state index contributed by atoms with van der Waals surface area (Å²) in [6, 6.07) is 4.69. The maximum absolute atomic E-state index is 12.6. The van der Waals surface area contributed by atoms with Crippen LogP contribution in [0.5, 0.6) is 6.01 Å². The number of fused-ring (bicyclic) bond motifs is 2. The summed E-state index contributed by atoms with van der Waals surface area (Å²) in [4.78, 5) is 13.8. The Hall–Kier alpha value is -2.20. The second-order valence-corrected chi connectivity index (χ2v) is 11.3. The Morgan fingerprint density at radius 1 is 1.21 bits per heavy atom. The van der Waals surface area contributed by atoms with Gasteiger partial charge in [-0.15, -0.1) is 0 Å². The van der Waals surface area contributed by atoms with Gasteiger partial charge in [0.05, 0.1) is 38.7 Å². The van der Waals surface area contributed by atoms with Crippen LogP contribution in [-0.2, 0) is 22.5 Å². The zero-order valence-electron chi connectivity index (χ0n) is 22.6. The topological polar surface area (TPSA) is 86.0 Å². The van der Waals surface area contributed by atoms with E-state index in [0.29, 0.717) is 54.9 Å². The van der Waals surface area contributed by atoms with Gasteiger partial charge in [-0.05, 0) is 61.9 Å². The van der Waals surface area contributed by atoms with Gasteiger partial charge < -0.3 is 24.8 Å². The third-order valence-corrected chi connectivity index (χ3v) is 8.39. The molecule has 0 amide bonds. The molecule has 5 heterocycles. The molecular formula is C28H39ClFN5O3. The molecule has 4 unspecified atom stereocenters. The Bertz CT molecular complexity index is 1130. The van der Waals surface area contributed by atoms with Crippen molar-refractivity contribution < 1.29 is 18.6 Å². The fourth-order valence-corrected chi connectivity index (χ4v) is 6.27. The molecule has 8 nitrogen and oxygen atoms in total. The van der Waals surface area contributed by atoms with E-state index in [0.717, 1.165) is 60.9 Å². The molecule has 0 saturated carbocycles. The number of nitrogens with two attached hydrogens (primary N) is 1. The molecule has 3 saturated heterocycles. The monoisotopic (exact) mass is 547 g/mol. The number of nitrogens with zero attached hydrogens (tertiary/aromatic N) is 4. The van der Waals surface area contributed by atoms with Crippen LogP contribution in [-0.4, -0.2) is 73.6 Å². The number of methoxy groups -OCH3 is 1. The summed E-state index contributed by atoms with van der Waals surface area (Å²) in [7, 11) is 1.60. The first-order valence-corrected chi connectivity index (χ1v) is 14.0. The molecule has 1 aromatic heterocycles. The number of halogens is 2. The minimum absolute atomic E-state index is 0.164. The normalized spacial score (nSPS) is 27.2. The highest BCUT2D eigenvalue weighted by atomic mass is 35.5. The fraction of sp³-hybridized carbons (Fsp3) is 0.643. The maximum atomic E-state index is 12.6. The number of alkyl halides is 1. The van der Waals surface area contributed by atoms with E-state index in [-0.39, 0.29) is 6.10 Å². The van der Waals surface area contributed by atoms with Crippen molar-refractivity contribution in [3.8, 4) is 6.01 Å². The van der Waals surface area contributed by atoms with Crippen molar-refractivity contribution >= 4 is 23.1 Å². The van der Waals surface area contributed by atoms with E-state index in [2.05, 4.69) is 26.7 Å². The van der Waals surface area contributed by atoms with Crippen molar-refractivity contribution in [1.82, 2.24) is 14.9 Å². The van der Waals surface area contributed by atoms with Crippen molar-refractivity contribution in [2.75, 3.05) is 57.1 Å². The van der Waals surface area contributed by atoms with Crippen LogP contribution in [0.1, 0.15) is 54.7 Å². The summed E-state index contributed by atoms with van der Waals surface area (Å²) in [6.45, 7) is 9.55. The van der Waals surface area contributed by atoms with Gasteiger partial charge >= 0.3 is 6.01 Å². The summed E-state index contributed by atoms with van der Waals surface area (Å²) < 4.78 is 30.0. The SMILES string of the molecule is COc1nc2c(c(N3CCOCC(C)C3)n1)COC(c1cc(N)cc(Cl)c1C)C2.FC1CC2CCCN2C1. The van der Waals surface area contributed by atoms with Crippen molar-refractivity contribution in [1.29, 1.82) is 0 Å². The third kappa shape index (κ3) is 6.01. The lowest BCUT2D eigenvalue weighted by molar-refractivity contribution is 0.0254. The molecule has 2 aromatic rings. The Labute approximate surface area is 229 Å². The fourth-order valence-electron chi connectivity index (χ4n) is 6.04. The molecule has 3 fully saturated rings. The molecule has 6 rings (SSSR count). The van der Waals surface area contributed by atoms with Gasteiger partial charge in [0.1, 0.15) is 12.0 Å². The van der Waals surface area contributed by atoms with E-state index in [1.165, 1.54) is 12.8 Å². The number of benzene rings is 1. The molecule has 0 aliphatic carbocycles. The molecule has 1 aromatic carbocycles. The van der Waals surface area contributed by atoms with Crippen LogP contribution < -0.4 is 15.4 Å². The first kappa shape index (κ1) is 27.4. The standard InChI is InChI=1S/C21H27ClN4O3.C7H12FN/c1-12-9-26(4-5-28-10-12)20-16-11-29-19(8-18(16)24-21(25-20)27-3)15-6-14(23)7-17(22)13(15)2;8-6-4-7-2-1-3-9(7)5-6/h6-7,12,19H,4-5,8-11,23H2,1-3H3;6-7H,1-5H2. The second kappa shape index (κ2) is 11.9. The lowest BCUT2D eigenvalue weighted by Crippen LogP contribution is -2.32. The zero-order chi connectivity index (χ0) is 26.8. The highest BCUT2D eigenvalue weighted by Crippen LogP contribution is 2.38. The number of anilines is 2. The van der Waals surface area contributed by atoms with Crippen LogP contribution in [0.15, 0.2) is 12.1 Å². The van der Waals surface area contributed by atoms with Crippen LogP contribution in [0.25, 0.3) is 0 Å². The van der Waals surface area contributed by atoms with Crippen LogP contribution >= 0.6 is 11.6 Å². The highest BCUT2D eigenvalue weighted by Gasteiger charge is 2.35. The number of nitrogen functional groups attached to an aromatic ring is 1. The lowest BCUT2D eigenvalue weighted by atomic mass is 9.95. The minimum atomic E-state index is -0.518. The maximum Gasteiger partial charge on any atom is 0.318 e. The first-order chi connectivity index (χ1) is 18.3. The Morgan fingerprint density at radius 2 is 2.05 bits per heavy atom. The van der Waals surface area contributed by atoms with Gasteiger partial charge in [-0.1, -0.05) is 18.5 Å². The second-order valence-electron chi connectivity index (χ2n) is 10.9. The summed E-state index contributed by atoms with van der Waals surface area (Å²) >= 11 is 6.34. The van der Waals surface area contributed by atoms with E-state index in [1.807, 2.05) is 13.0 Å². The minimum Gasteiger partial charge on any atom is -0.467 e. The average molecular weight is 548 g/mol. The van der Waals surface area contributed by atoms with Crippen LogP contribution in [0, 0.1) is 12.8 Å². The largest absolute Gasteiger partial charge is 0.467 e. The average Bonchev–Trinajstić information content (AvgIpc) is 3.40. The van der Waals surface area contributed by atoms with Crippen LogP contribution in [0.4, 0.5) is 15.9 Å². The summed E-state index contributed by atoms with van der Waals surface area (Å²) in [5, 5.41) is 0.647. The number of ether oxygens (including phenoxy) is 3. The van der Waals surface area contributed by atoms with Crippen molar-refractivity contribution in [2.45, 2.75) is 64.5 Å². The number of aromatic nitrogens is 2. The summed E-state index contributed by atoms with van der Waals surface area (Å²) in [5.74, 6) is 1.30. The highest BCUT2D eigenvalue weighted by molar-refractivity contribution is 6.31. The molecule has 208 valence electrons. The molecule has 38 heavy (non-hydrogen) atoms. The number of rotatable bonds is 3.